The Bertz CT molecular complexity index is 525. The molecule has 0 aromatic heterocycles. The molecule has 13 nitrogen and oxygen atoms in total. The van der Waals surface area contributed by atoms with Gasteiger partial charge in [0.15, 0.2) is 12.6 Å². The Morgan fingerprint density at radius 2 is 1.62 bits per heavy atom. The molecule has 2 aliphatic rings. The van der Waals surface area contributed by atoms with Crippen molar-refractivity contribution in [3.8, 4) is 0 Å². The van der Waals surface area contributed by atoms with E-state index in [0.29, 0.717) is 0 Å². The molecule has 2 rings (SSSR count). The topological polar surface area (TPSA) is 213 Å². The van der Waals surface area contributed by atoms with Crippen LogP contribution in [0.2, 0.25) is 0 Å². The Labute approximate surface area is 166 Å². The Balaban J connectivity index is 2.15. The molecular formula is C16H30N2O11. The number of hydrogen-bond donors (Lipinski definition) is 8. The average molecular weight is 426 g/mol. The third-order valence-electron chi connectivity index (χ3n) is 4.78. The van der Waals surface area contributed by atoms with Crippen molar-refractivity contribution >= 4 is 5.91 Å². The highest BCUT2D eigenvalue weighted by atomic mass is 16.7. The summed E-state index contributed by atoms with van der Waals surface area (Å²) in [7, 11) is 0. The van der Waals surface area contributed by atoms with Crippen LogP contribution < -0.4 is 11.1 Å². The van der Waals surface area contributed by atoms with Gasteiger partial charge >= 0.3 is 0 Å². The molecule has 2 heterocycles. The Kier molecular flexibility index (Phi) is 9.12. The maximum atomic E-state index is 11.3. The molecule has 0 bridgehead atoms. The number of nitrogens with two attached hydrogens (primary N) is 1. The number of carbonyl (C=O) groups excluding carboxylic acids is 1. The van der Waals surface area contributed by atoms with Gasteiger partial charge in [0.05, 0.1) is 19.8 Å². The van der Waals surface area contributed by atoms with Crippen LogP contribution in [-0.4, -0.2) is 124 Å². The van der Waals surface area contributed by atoms with E-state index in [-0.39, 0.29) is 13.2 Å². The number of hydrogen-bond acceptors (Lipinski definition) is 12. The maximum absolute atomic E-state index is 11.3. The number of carbonyl (C=O) groups is 1. The molecule has 0 aromatic rings. The molecule has 2 fully saturated rings. The molecule has 2 aliphatic heterocycles. The molecule has 0 aliphatic carbocycles. The molecule has 0 aromatic carbocycles. The summed E-state index contributed by atoms with van der Waals surface area (Å²) in [6.07, 6.45) is -12.6. The van der Waals surface area contributed by atoms with E-state index in [9.17, 15) is 35.4 Å². The lowest BCUT2D eigenvalue weighted by Gasteiger charge is -2.46. The molecule has 0 saturated carbocycles. The van der Waals surface area contributed by atoms with Gasteiger partial charge in [-0.25, -0.2) is 0 Å². The minimum atomic E-state index is -1.64. The number of rotatable bonds is 8. The van der Waals surface area contributed by atoms with E-state index >= 15 is 0 Å². The van der Waals surface area contributed by atoms with E-state index in [0.717, 1.165) is 0 Å². The van der Waals surface area contributed by atoms with Crippen LogP contribution in [0.15, 0.2) is 0 Å². The summed E-state index contributed by atoms with van der Waals surface area (Å²) in [5.41, 5.74) is 5.36. The molecule has 2 saturated heterocycles. The molecule has 170 valence electrons. The zero-order valence-corrected chi connectivity index (χ0v) is 15.9. The summed E-state index contributed by atoms with van der Waals surface area (Å²) in [5.74, 6) is -0.553. The van der Waals surface area contributed by atoms with Crippen molar-refractivity contribution < 1.29 is 54.4 Å². The van der Waals surface area contributed by atoms with Crippen molar-refractivity contribution in [2.45, 2.75) is 68.3 Å². The fraction of sp³-hybridized carbons (Fsp3) is 0.938. The highest BCUT2D eigenvalue weighted by Crippen LogP contribution is 2.29. The van der Waals surface area contributed by atoms with Gasteiger partial charge in [0.25, 0.3) is 0 Å². The second-order valence-electron chi connectivity index (χ2n) is 6.90. The van der Waals surface area contributed by atoms with Gasteiger partial charge in [0, 0.05) is 13.5 Å². The number of ether oxygens (including phenoxy) is 4. The van der Waals surface area contributed by atoms with Crippen LogP contribution in [-0.2, 0) is 23.7 Å². The van der Waals surface area contributed by atoms with Gasteiger partial charge in [-0.2, -0.15) is 0 Å². The second kappa shape index (κ2) is 10.9. The zero-order valence-electron chi connectivity index (χ0n) is 15.9. The molecule has 10 atom stereocenters. The lowest BCUT2D eigenvalue weighted by Crippen LogP contribution is -2.67. The van der Waals surface area contributed by atoms with Gasteiger partial charge in [0.1, 0.15) is 48.8 Å². The van der Waals surface area contributed by atoms with E-state index in [1.165, 1.54) is 6.92 Å². The molecular weight excluding hydrogens is 396 g/mol. The summed E-state index contributed by atoms with van der Waals surface area (Å²) in [6.45, 7) is 0.138. The van der Waals surface area contributed by atoms with E-state index in [4.69, 9.17) is 24.7 Å². The summed E-state index contributed by atoms with van der Waals surface area (Å²) < 4.78 is 21.5. The van der Waals surface area contributed by atoms with Crippen molar-refractivity contribution in [3.63, 3.8) is 0 Å². The first-order valence-electron chi connectivity index (χ1n) is 9.24. The lowest BCUT2D eigenvalue weighted by atomic mass is 9.95. The zero-order chi connectivity index (χ0) is 21.7. The second-order valence-corrected chi connectivity index (χ2v) is 6.90. The first kappa shape index (κ1) is 24.3. The lowest BCUT2D eigenvalue weighted by molar-refractivity contribution is -0.348. The Morgan fingerprint density at radius 3 is 2.17 bits per heavy atom. The van der Waals surface area contributed by atoms with E-state index in [2.05, 4.69) is 5.32 Å². The number of aliphatic hydroxyl groups is 6. The van der Waals surface area contributed by atoms with Gasteiger partial charge in [0.2, 0.25) is 5.91 Å². The first-order valence-corrected chi connectivity index (χ1v) is 9.24. The van der Waals surface area contributed by atoms with Crippen LogP contribution >= 0.6 is 0 Å². The van der Waals surface area contributed by atoms with Gasteiger partial charge < -0.3 is 60.6 Å². The van der Waals surface area contributed by atoms with Crippen LogP contribution in [0.25, 0.3) is 0 Å². The van der Waals surface area contributed by atoms with E-state index in [1.54, 1.807) is 0 Å². The van der Waals surface area contributed by atoms with Gasteiger partial charge in [-0.05, 0) is 0 Å². The highest BCUT2D eigenvalue weighted by molar-refractivity contribution is 5.73. The van der Waals surface area contributed by atoms with Crippen LogP contribution in [0.4, 0.5) is 0 Å². The summed E-state index contributed by atoms with van der Waals surface area (Å²) in [4.78, 5) is 11.3. The SMILES string of the molecule is CC(=O)N[C@@H]1[C@@H](O)[C@H](O[C@@H]2O[C@H](CO)[C@H](OCCN)[C@H](O)[C@H]2O)[C@@H](CO)O[C@H]1O. The molecule has 1 amide bonds. The van der Waals surface area contributed by atoms with Crippen LogP contribution in [0.3, 0.4) is 0 Å². The van der Waals surface area contributed by atoms with Crippen molar-refractivity contribution in [1.82, 2.24) is 5.32 Å². The maximum Gasteiger partial charge on any atom is 0.217 e. The van der Waals surface area contributed by atoms with E-state index in [1.807, 2.05) is 0 Å². The minimum absolute atomic E-state index is 0.0535. The van der Waals surface area contributed by atoms with Crippen molar-refractivity contribution in [2.24, 2.45) is 5.73 Å². The van der Waals surface area contributed by atoms with Crippen molar-refractivity contribution in [2.75, 3.05) is 26.4 Å². The van der Waals surface area contributed by atoms with Crippen molar-refractivity contribution in [1.29, 1.82) is 0 Å². The standard InChI is InChI=1S/C16H30N2O11/c1-6(21)18-9-10(22)14(8(5-20)27-15(9)25)29-16-12(24)11(23)13(26-3-2-17)7(4-19)28-16/h7-16,19-20,22-25H,2-5,17H2,1H3,(H,18,21)/t7-,8-,9-,10-,11-,12-,13+,14-,15-,16+/m1/s1. The fourth-order valence-corrected chi connectivity index (χ4v) is 3.37. The highest BCUT2D eigenvalue weighted by Gasteiger charge is 2.51. The molecule has 13 heteroatoms. The quantitative estimate of drug-likeness (QED) is 0.183. The first-order chi connectivity index (χ1) is 13.7. The Morgan fingerprint density at radius 1 is 1.00 bits per heavy atom. The molecule has 0 radical (unpaired) electrons. The fourth-order valence-electron chi connectivity index (χ4n) is 3.37. The summed E-state index contributed by atoms with van der Waals surface area (Å²) >= 11 is 0. The molecule has 9 N–H and O–H groups in total. The molecule has 29 heavy (non-hydrogen) atoms. The Hall–Kier alpha value is -0.970. The largest absolute Gasteiger partial charge is 0.394 e. The third-order valence-corrected chi connectivity index (χ3v) is 4.78. The third kappa shape index (κ3) is 5.59. The average Bonchev–Trinajstić information content (AvgIpc) is 2.69. The predicted molar refractivity (Wildman–Crippen MR) is 93.0 cm³/mol. The number of nitrogens with one attached hydrogen (secondary N) is 1. The monoisotopic (exact) mass is 426 g/mol. The normalized spacial score (nSPS) is 43.2. The van der Waals surface area contributed by atoms with Gasteiger partial charge in [-0.15, -0.1) is 0 Å². The number of amides is 1. The number of aliphatic hydroxyl groups excluding tert-OH is 6. The van der Waals surface area contributed by atoms with Crippen molar-refractivity contribution in [3.05, 3.63) is 0 Å². The summed E-state index contributed by atoms with van der Waals surface area (Å²) in [6, 6.07) is -1.28. The summed E-state index contributed by atoms with van der Waals surface area (Å²) in [5, 5.41) is 62.6. The van der Waals surface area contributed by atoms with Gasteiger partial charge in [-0.1, -0.05) is 0 Å². The van der Waals surface area contributed by atoms with Crippen LogP contribution in [0.1, 0.15) is 6.92 Å². The predicted octanol–water partition coefficient (Wildman–Crippen LogP) is -5.27. The van der Waals surface area contributed by atoms with Gasteiger partial charge in [-0.3, -0.25) is 4.79 Å². The molecule has 0 unspecified atom stereocenters. The van der Waals surface area contributed by atoms with E-state index < -0.39 is 80.5 Å². The van der Waals surface area contributed by atoms with Crippen LogP contribution in [0, 0.1) is 0 Å². The van der Waals surface area contributed by atoms with Crippen LogP contribution in [0.5, 0.6) is 0 Å². The molecule has 0 spiro atoms. The smallest absolute Gasteiger partial charge is 0.217 e. The minimum Gasteiger partial charge on any atom is -0.394 e.